The van der Waals surface area contributed by atoms with Crippen LogP contribution in [0.4, 0.5) is 5.69 Å². The van der Waals surface area contributed by atoms with E-state index in [-0.39, 0.29) is 12.5 Å². The zero-order valence-corrected chi connectivity index (χ0v) is 17.4. The fourth-order valence-electron chi connectivity index (χ4n) is 2.84. The van der Waals surface area contributed by atoms with Crippen molar-refractivity contribution in [3.8, 4) is 0 Å². The van der Waals surface area contributed by atoms with Gasteiger partial charge in [0.05, 0.1) is 5.69 Å². The molecule has 1 aromatic heterocycles. The summed E-state index contributed by atoms with van der Waals surface area (Å²) in [6.07, 6.45) is 0. The molecule has 0 spiro atoms. The molecule has 0 atom stereocenters. The van der Waals surface area contributed by atoms with Crippen molar-refractivity contribution in [2.75, 3.05) is 5.73 Å². The van der Waals surface area contributed by atoms with Crippen molar-refractivity contribution in [1.82, 2.24) is 9.55 Å². The zero-order chi connectivity index (χ0) is 19.6. The summed E-state index contributed by atoms with van der Waals surface area (Å²) in [5.74, 6) is 0.825. The monoisotopic (exact) mass is 421 g/mol. The Morgan fingerprint density at radius 3 is 2.44 bits per heavy atom. The molecule has 1 heterocycles. The van der Waals surface area contributed by atoms with Crippen molar-refractivity contribution in [3.05, 3.63) is 69.6 Å². The minimum absolute atomic E-state index is 0.140. The van der Waals surface area contributed by atoms with E-state index in [1.165, 1.54) is 0 Å². The van der Waals surface area contributed by atoms with Crippen LogP contribution in [-0.2, 0) is 13.2 Å². The number of imidazole rings is 1. The summed E-state index contributed by atoms with van der Waals surface area (Å²) in [6, 6.07) is 13.2. The predicted molar refractivity (Wildman–Crippen MR) is 113 cm³/mol. The number of anilines is 1. The van der Waals surface area contributed by atoms with Gasteiger partial charge in [-0.2, -0.15) is 0 Å². The number of rotatable bonds is 6. The van der Waals surface area contributed by atoms with Crippen LogP contribution in [0.1, 0.15) is 36.8 Å². The van der Waals surface area contributed by atoms with Gasteiger partial charge in [0.1, 0.15) is 17.5 Å². The maximum absolute atomic E-state index is 9.87. The van der Waals surface area contributed by atoms with E-state index < -0.39 is 0 Å². The van der Waals surface area contributed by atoms with Crippen molar-refractivity contribution < 1.29 is 5.11 Å². The fraction of sp³-hybridized carbons (Fsp3) is 0.250. The maximum atomic E-state index is 9.87. The molecule has 0 aliphatic rings. The average Bonchev–Trinajstić information content (AvgIpc) is 2.92. The summed E-state index contributed by atoms with van der Waals surface area (Å²) in [5.41, 5.74) is 8.61. The Hall–Kier alpha value is -1.66. The molecule has 0 aliphatic heterocycles. The maximum Gasteiger partial charge on any atom is 0.136 e. The number of nitrogens with two attached hydrogens (primary N) is 1. The number of hydrogen-bond donors (Lipinski definition) is 2. The molecule has 0 aliphatic carbocycles. The lowest BCUT2D eigenvalue weighted by Gasteiger charge is -2.14. The van der Waals surface area contributed by atoms with Gasteiger partial charge in [0.25, 0.3) is 0 Å². The summed E-state index contributed by atoms with van der Waals surface area (Å²) in [7, 11) is 0. The lowest BCUT2D eigenvalue weighted by Crippen LogP contribution is -2.07. The topological polar surface area (TPSA) is 64.1 Å². The molecular formula is C20H21Cl2N3OS. The second-order valence-corrected chi connectivity index (χ2v) is 8.50. The molecule has 0 radical (unpaired) electrons. The van der Waals surface area contributed by atoms with Crippen LogP contribution in [-0.4, -0.2) is 14.7 Å². The summed E-state index contributed by atoms with van der Waals surface area (Å²) in [4.78, 5) is 5.61. The van der Waals surface area contributed by atoms with E-state index in [0.717, 1.165) is 21.2 Å². The molecule has 0 unspecified atom stereocenters. The molecule has 3 rings (SSSR count). The Kier molecular flexibility index (Phi) is 6.37. The van der Waals surface area contributed by atoms with Gasteiger partial charge < -0.3 is 15.4 Å². The Labute approximate surface area is 173 Å². The van der Waals surface area contributed by atoms with E-state index in [9.17, 15) is 5.11 Å². The normalized spacial score (nSPS) is 11.3. The Balaban J connectivity index is 2.07. The molecule has 3 aromatic rings. The Morgan fingerprint density at radius 2 is 1.85 bits per heavy atom. The van der Waals surface area contributed by atoms with Crippen molar-refractivity contribution in [2.45, 2.75) is 42.8 Å². The summed E-state index contributed by atoms with van der Waals surface area (Å²) in [5, 5.41) is 12.0. The molecule has 3 N–H and O–H groups in total. The van der Waals surface area contributed by atoms with Crippen LogP contribution < -0.4 is 5.73 Å². The van der Waals surface area contributed by atoms with Crippen LogP contribution in [0.2, 0.25) is 10.0 Å². The van der Waals surface area contributed by atoms with Gasteiger partial charge in [0, 0.05) is 27.2 Å². The molecule has 0 amide bonds. The number of aliphatic hydroxyl groups is 1. The van der Waals surface area contributed by atoms with Gasteiger partial charge in [0.15, 0.2) is 0 Å². The number of hydrogen-bond acceptors (Lipinski definition) is 4. The predicted octanol–water partition coefficient (Wildman–Crippen LogP) is 5.59. The van der Waals surface area contributed by atoms with Crippen LogP contribution in [0.5, 0.6) is 0 Å². The van der Waals surface area contributed by atoms with Crippen LogP contribution in [0.3, 0.4) is 0 Å². The van der Waals surface area contributed by atoms with Crippen LogP contribution in [0, 0.1) is 0 Å². The van der Waals surface area contributed by atoms with Crippen LogP contribution >= 0.6 is 35.0 Å². The van der Waals surface area contributed by atoms with Crippen molar-refractivity contribution >= 4 is 40.7 Å². The van der Waals surface area contributed by atoms with Gasteiger partial charge in [-0.1, -0.05) is 60.9 Å². The highest BCUT2D eigenvalue weighted by Crippen LogP contribution is 2.37. The highest BCUT2D eigenvalue weighted by atomic mass is 35.5. The lowest BCUT2D eigenvalue weighted by molar-refractivity contribution is 0.265. The first-order chi connectivity index (χ1) is 12.9. The molecule has 0 saturated heterocycles. The third-order valence-corrected chi connectivity index (χ3v) is 5.59. The van der Waals surface area contributed by atoms with E-state index in [1.807, 2.05) is 41.0 Å². The third kappa shape index (κ3) is 4.79. The first-order valence-corrected chi connectivity index (χ1v) is 10.1. The highest BCUT2D eigenvalue weighted by Gasteiger charge is 2.20. The van der Waals surface area contributed by atoms with Crippen LogP contribution in [0.15, 0.2) is 52.4 Å². The van der Waals surface area contributed by atoms with Gasteiger partial charge in [-0.15, -0.1) is 0 Å². The van der Waals surface area contributed by atoms with Crippen LogP contribution in [0.25, 0.3) is 0 Å². The van der Waals surface area contributed by atoms with Gasteiger partial charge >= 0.3 is 0 Å². The summed E-state index contributed by atoms with van der Waals surface area (Å²) < 4.78 is 2.03. The number of halogens is 2. The minimum atomic E-state index is -0.140. The molecule has 27 heavy (non-hydrogen) atoms. The Bertz CT molecular complexity index is 936. The average molecular weight is 422 g/mol. The smallest absolute Gasteiger partial charge is 0.136 e. The number of nitrogen functional groups attached to an aromatic ring is 1. The number of aliphatic hydroxyl groups excluding tert-OH is 1. The quantitative estimate of drug-likeness (QED) is 0.509. The largest absolute Gasteiger partial charge is 0.399 e. The molecule has 4 nitrogen and oxygen atoms in total. The summed E-state index contributed by atoms with van der Waals surface area (Å²) >= 11 is 13.9. The first-order valence-electron chi connectivity index (χ1n) is 8.56. The van der Waals surface area contributed by atoms with E-state index in [4.69, 9.17) is 28.9 Å². The molecule has 0 bridgehead atoms. The molecule has 2 aromatic carbocycles. The minimum Gasteiger partial charge on any atom is -0.399 e. The number of aromatic nitrogens is 2. The number of nitrogens with zero attached hydrogens (tertiary/aromatic N) is 2. The van der Waals surface area contributed by atoms with E-state index in [0.29, 0.717) is 28.1 Å². The molecule has 0 saturated carbocycles. The highest BCUT2D eigenvalue weighted by molar-refractivity contribution is 7.99. The summed E-state index contributed by atoms with van der Waals surface area (Å²) in [6.45, 7) is 4.60. The van der Waals surface area contributed by atoms with Crippen molar-refractivity contribution in [3.63, 3.8) is 0 Å². The van der Waals surface area contributed by atoms with E-state index >= 15 is 0 Å². The second-order valence-electron chi connectivity index (χ2n) is 6.57. The third-order valence-electron chi connectivity index (χ3n) is 4.06. The van der Waals surface area contributed by atoms with Gasteiger partial charge in [-0.25, -0.2) is 4.98 Å². The zero-order valence-electron chi connectivity index (χ0n) is 15.1. The van der Waals surface area contributed by atoms with Gasteiger partial charge in [-0.05, 0) is 41.8 Å². The second kappa shape index (κ2) is 8.57. The first kappa shape index (κ1) is 20.1. The van der Waals surface area contributed by atoms with Gasteiger partial charge in [0.2, 0.25) is 0 Å². The van der Waals surface area contributed by atoms with Crippen molar-refractivity contribution in [2.24, 2.45) is 0 Å². The Morgan fingerprint density at radius 1 is 1.15 bits per heavy atom. The standard InChI is InChI=1S/C20H21Cl2N3OS/c1-12(2)19-20(27-17-8-14(21)7-15(22)9-17)25(18(11-26)24-19)10-13-4-3-5-16(23)6-13/h3-9,12,26H,10-11,23H2,1-2H3. The molecular weight excluding hydrogens is 401 g/mol. The van der Waals surface area contributed by atoms with E-state index in [2.05, 4.69) is 18.8 Å². The molecule has 142 valence electrons. The molecule has 0 fully saturated rings. The van der Waals surface area contributed by atoms with Crippen molar-refractivity contribution in [1.29, 1.82) is 0 Å². The fourth-order valence-corrected chi connectivity index (χ4v) is 4.76. The van der Waals surface area contributed by atoms with E-state index in [1.54, 1.807) is 17.8 Å². The SMILES string of the molecule is CC(C)c1nc(CO)n(Cc2cccc(N)c2)c1Sc1cc(Cl)cc(Cl)c1. The lowest BCUT2D eigenvalue weighted by atomic mass is 10.1. The number of benzene rings is 2. The molecule has 7 heteroatoms. The van der Waals surface area contributed by atoms with Gasteiger partial charge in [-0.3, -0.25) is 0 Å².